The van der Waals surface area contributed by atoms with Gasteiger partial charge in [-0.3, -0.25) is 4.79 Å². The molecule has 0 saturated heterocycles. The topological polar surface area (TPSA) is 69.2 Å². The molecule has 0 fully saturated rings. The van der Waals surface area contributed by atoms with Gasteiger partial charge in [0.05, 0.1) is 33.3 Å². The van der Waals surface area contributed by atoms with Gasteiger partial charge in [0.2, 0.25) is 11.7 Å². The first-order chi connectivity index (χ1) is 12.7. The van der Waals surface area contributed by atoms with Crippen molar-refractivity contribution in [2.24, 2.45) is 5.10 Å². The summed E-state index contributed by atoms with van der Waals surface area (Å²) in [6.45, 7) is 0. The zero-order valence-electron chi connectivity index (χ0n) is 15.0. The van der Waals surface area contributed by atoms with Gasteiger partial charge in [-0.2, -0.15) is 5.10 Å². The molecule has 0 aliphatic rings. The van der Waals surface area contributed by atoms with Crippen molar-refractivity contribution in [2.75, 3.05) is 27.1 Å². The fourth-order valence-electron chi connectivity index (χ4n) is 2.22. The van der Waals surface area contributed by atoms with Gasteiger partial charge in [0.25, 0.3) is 0 Å². The highest BCUT2D eigenvalue weighted by atomic mass is 32.2. The second kappa shape index (κ2) is 10.4. The van der Waals surface area contributed by atoms with E-state index in [0.717, 1.165) is 11.3 Å². The van der Waals surface area contributed by atoms with Crippen LogP contribution in [0.25, 0.3) is 0 Å². The van der Waals surface area contributed by atoms with Crippen LogP contribution in [0, 0.1) is 0 Å². The van der Waals surface area contributed by atoms with Crippen molar-refractivity contribution < 1.29 is 19.0 Å². The van der Waals surface area contributed by atoms with E-state index < -0.39 is 0 Å². The summed E-state index contributed by atoms with van der Waals surface area (Å²) in [6, 6.07) is 13.5. The first-order valence-corrected chi connectivity index (χ1v) is 9.07. The van der Waals surface area contributed by atoms with Gasteiger partial charge in [-0.1, -0.05) is 30.3 Å². The Morgan fingerprint density at radius 2 is 1.73 bits per heavy atom. The molecule has 0 spiro atoms. The van der Waals surface area contributed by atoms with Crippen molar-refractivity contribution >= 4 is 23.9 Å². The second-order valence-corrected chi connectivity index (χ2v) is 6.22. The number of amides is 1. The molecule has 1 amide bonds. The minimum atomic E-state index is -0.158. The number of hydrazone groups is 1. The van der Waals surface area contributed by atoms with Gasteiger partial charge in [0, 0.05) is 11.3 Å². The number of methoxy groups -OCH3 is 3. The number of carbonyl (C=O) groups excluding carboxylic acids is 1. The summed E-state index contributed by atoms with van der Waals surface area (Å²) < 4.78 is 15.8. The largest absolute Gasteiger partial charge is 0.493 e. The molecule has 0 heterocycles. The predicted molar refractivity (Wildman–Crippen MR) is 104 cm³/mol. The van der Waals surface area contributed by atoms with Crippen LogP contribution in [0.3, 0.4) is 0 Å². The lowest BCUT2D eigenvalue weighted by atomic mass is 10.2. The minimum absolute atomic E-state index is 0.158. The van der Waals surface area contributed by atoms with Gasteiger partial charge in [-0.05, 0) is 17.7 Å². The second-order valence-electron chi connectivity index (χ2n) is 5.23. The fourth-order valence-corrected chi connectivity index (χ4v) is 3.00. The van der Waals surface area contributed by atoms with Crippen molar-refractivity contribution in [2.45, 2.75) is 5.75 Å². The van der Waals surface area contributed by atoms with E-state index >= 15 is 0 Å². The predicted octanol–water partition coefficient (Wildman–Crippen LogP) is 3.10. The molecule has 0 aliphatic carbocycles. The number of benzene rings is 2. The normalized spacial score (nSPS) is 10.6. The highest BCUT2D eigenvalue weighted by Crippen LogP contribution is 2.37. The van der Waals surface area contributed by atoms with Gasteiger partial charge < -0.3 is 14.2 Å². The molecular weight excluding hydrogens is 352 g/mol. The van der Waals surface area contributed by atoms with Crippen molar-refractivity contribution in [1.82, 2.24) is 5.43 Å². The van der Waals surface area contributed by atoms with Crippen LogP contribution in [0.5, 0.6) is 17.2 Å². The van der Waals surface area contributed by atoms with E-state index in [0.29, 0.717) is 23.0 Å². The number of nitrogens with zero attached hydrogens (tertiary/aromatic N) is 1. The number of thioether (sulfide) groups is 1. The number of ether oxygens (including phenoxy) is 3. The van der Waals surface area contributed by atoms with Crippen molar-refractivity contribution in [1.29, 1.82) is 0 Å². The lowest BCUT2D eigenvalue weighted by Gasteiger charge is -2.12. The highest BCUT2D eigenvalue weighted by molar-refractivity contribution is 7.99. The highest BCUT2D eigenvalue weighted by Gasteiger charge is 2.12. The molecule has 26 heavy (non-hydrogen) atoms. The van der Waals surface area contributed by atoms with Gasteiger partial charge >= 0.3 is 0 Å². The Morgan fingerprint density at radius 3 is 2.31 bits per heavy atom. The van der Waals surface area contributed by atoms with Crippen LogP contribution in [0.2, 0.25) is 0 Å². The van der Waals surface area contributed by atoms with E-state index in [2.05, 4.69) is 10.5 Å². The smallest absolute Gasteiger partial charge is 0.250 e. The van der Waals surface area contributed by atoms with Crippen LogP contribution in [-0.4, -0.2) is 39.2 Å². The molecule has 1 N–H and O–H groups in total. The van der Waals surface area contributed by atoms with E-state index in [4.69, 9.17) is 14.2 Å². The molecular formula is C19H22N2O4S. The van der Waals surface area contributed by atoms with Crippen LogP contribution in [0.15, 0.2) is 47.6 Å². The van der Waals surface area contributed by atoms with E-state index in [1.807, 2.05) is 30.3 Å². The number of carbonyl (C=O) groups is 1. The van der Waals surface area contributed by atoms with Crippen LogP contribution < -0.4 is 19.6 Å². The van der Waals surface area contributed by atoms with Gasteiger partial charge in [-0.15, -0.1) is 11.8 Å². The summed E-state index contributed by atoms with van der Waals surface area (Å²) in [6.07, 6.45) is 1.53. The molecule has 0 atom stereocenters. The first-order valence-electron chi connectivity index (χ1n) is 7.91. The van der Waals surface area contributed by atoms with E-state index in [9.17, 15) is 4.79 Å². The summed E-state index contributed by atoms with van der Waals surface area (Å²) in [7, 11) is 4.63. The molecule has 2 aromatic rings. The molecule has 0 unspecified atom stereocenters. The van der Waals surface area contributed by atoms with Crippen LogP contribution in [0.1, 0.15) is 11.1 Å². The Balaban J connectivity index is 1.88. The molecule has 0 aliphatic heterocycles. The molecule has 6 nitrogen and oxygen atoms in total. The maximum atomic E-state index is 11.9. The van der Waals surface area contributed by atoms with Crippen molar-refractivity contribution in [3.05, 3.63) is 53.6 Å². The Kier molecular flexibility index (Phi) is 7.82. The molecule has 0 radical (unpaired) electrons. The summed E-state index contributed by atoms with van der Waals surface area (Å²) in [5, 5.41) is 3.98. The Morgan fingerprint density at radius 1 is 1.08 bits per heavy atom. The van der Waals surface area contributed by atoms with Gasteiger partial charge in [0.1, 0.15) is 0 Å². The number of rotatable bonds is 9. The van der Waals surface area contributed by atoms with E-state index in [1.54, 1.807) is 33.5 Å². The lowest BCUT2D eigenvalue weighted by Crippen LogP contribution is -2.19. The standard InChI is InChI=1S/C19H22N2O4S/c1-23-16-9-15(10-17(24-2)19(16)25-3)11-20-21-18(22)13-26-12-14-7-5-4-6-8-14/h4-11H,12-13H2,1-3H3,(H,21,22)/b20-11+. The third-order valence-electron chi connectivity index (χ3n) is 3.43. The van der Waals surface area contributed by atoms with Crippen LogP contribution >= 0.6 is 11.8 Å². The quantitative estimate of drug-likeness (QED) is 0.540. The number of hydrogen-bond acceptors (Lipinski definition) is 6. The van der Waals surface area contributed by atoms with Crippen molar-refractivity contribution in [3.63, 3.8) is 0 Å². The monoisotopic (exact) mass is 374 g/mol. The molecule has 138 valence electrons. The summed E-state index contributed by atoms with van der Waals surface area (Å²) in [5.41, 5.74) is 4.42. The average Bonchev–Trinajstić information content (AvgIpc) is 2.68. The van der Waals surface area contributed by atoms with Gasteiger partial charge in [0.15, 0.2) is 11.5 Å². The summed E-state index contributed by atoms with van der Waals surface area (Å²) in [4.78, 5) is 11.9. The zero-order chi connectivity index (χ0) is 18.8. The fraction of sp³-hybridized carbons (Fsp3) is 0.263. The molecule has 2 aromatic carbocycles. The van der Waals surface area contributed by atoms with Gasteiger partial charge in [-0.25, -0.2) is 5.43 Å². The van der Waals surface area contributed by atoms with E-state index in [-0.39, 0.29) is 5.91 Å². The first kappa shape index (κ1) is 19.7. The molecule has 0 aromatic heterocycles. The molecule has 7 heteroatoms. The van der Waals surface area contributed by atoms with Crippen molar-refractivity contribution in [3.8, 4) is 17.2 Å². The lowest BCUT2D eigenvalue weighted by molar-refractivity contribution is -0.118. The molecule has 0 bridgehead atoms. The third-order valence-corrected chi connectivity index (χ3v) is 4.44. The Bertz CT molecular complexity index is 725. The van der Waals surface area contributed by atoms with Crippen LogP contribution in [0.4, 0.5) is 0 Å². The van der Waals surface area contributed by atoms with Crippen LogP contribution in [-0.2, 0) is 10.5 Å². The number of nitrogens with one attached hydrogen (secondary N) is 1. The summed E-state index contributed by atoms with van der Waals surface area (Å²) >= 11 is 1.54. The summed E-state index contributed by atoms with van der Waals surface area (Å²) in [5.74, 6) is 2.52. The maximum Gasteiger partial charge on any atom is 0.250 e. The van der Waals surface area contributed by atoms with E-state index in [1.165, 1.54) is 23.5 Å². The molecule has 0 saturated carbocycles. The maximum absolute atomic E-state index is 11.9. The zero-order valence-corrected chi connectivity index (χ0v) is 15.8. The SMILES string of the molecule is COc1cc(/C=N/NC(=O)CSCc2ccccc2)cc(OC)c1OC. The number of hydrogen-bond donors (Lipinski definition) is 1. The minimum Gasteiger partial charge on any atom is -0.493 e. The third kappa shape index (κ3) is 5.70. The Hall–Kier alpha value is -2.67. The molecule has 2 rings (SSSR count). The average molecular weight is 374 g/mol. The Labute approximate surface area is 157 Å².